The lowest BCUT2D eigenvalue weighted by Gasteiger charge is -2.10. The van der Waals surface area contributed by atoms with Crippen molar-refractivity contribution in [1.82, 2.24) is 9.55 Å². The topological polar surface area (TPSA) is 64.0 Å². The molecule has 5 nitrogen and oxygen atoms in total. The highest BCUT2D eigenvalue weighted by Gasteiger charge is 2.30. The number of hydrogen-bond acceptors (Lipinski definition) is 4. The largest absolute Gasteiger partial charge is 0.416 e. The third-order valence-corrected chi connectivity index (χ3v) is 5.28. The molecule has 1 amide bonds. The van der Waals surface area contributed by atoms with Gasteiger partial charge in [-0.15, -0.1) is 11.3 Å². The summed E-state index contributed by atoms with van der Waals surface area (Å²) in [6, 6.07) is 13.1. The Morgan fingerprint density at radius 2 is 1.83 bits per heavy atom. The summed E-state index contributed by atoms with van der Waals surface area (Å²) in [7, 11) is 0. The number of nitrogens with one attached hydrogen (secondary N) is 1. The summed E-state index contributed by atoms with van der Waals surface area (Å²) < 4.78 is 39.9. The molecular weight excluding hydrogens is 415 g/mol. The summed E-state index contributed by atoms with van der Waals surface area (Å²) in [4.78, 5) is 29.4. The van der Waals surface area contributed by atoms with Crippen LogP contribution in [-0.2, 0) is 17.5 Å². The van der Waals surface area contributed by atoms with Crippen LogP contribution in [-0.4, -0.2) is 15.5 Å². The van der Waals surface area contributed by atoms with E-state index in [1.54, 1.807) is 41.8 Å². The maximum Gasteiger partial charge on any atom is 0.416 e. The van der Waals surface area contributed by atoms with Gasteiger partial charge in [0.1, 0.15) is 11.4 Å². The van der Waals surface area contributed by atoms with E-state index in [2.05, 4.69) is 10.3 Å². The number of thiophene rings is 1. The summed E-state index contributed by atoms with van der Waals surface area (Å²) in [5.74, 6) is -0.416. The number of amides is 1. The Bertz CT molecular complexity index is 1280. The highest BCUT2D eigenvalue weighted by Crippen LogP contribution is 2.32. The van der Waals surface area contributed by atoms with Crippen LogP contribution in [0.5, 0.6) is 0 Å². The molecule has 0 radical (unpaired) electrons. The summed E-state index contributed by atoms with van der Waals surface area (Å²) in [5, 5.41) is 4.89. The van der Waals surface area contributed by atoms with Crippen LogP contribution in [0.4, 0.5) is 18.9 Å². The second kappa shape index (κ2) is 7.75. The van der Waals surface area contributed by atoms with Crippen molar-refractivity contribution in [3.8, 4) is 11.1 Å². The standard InChI is InChI=1S/C21H14F3N3O2S/c22-21(23,24)15-3-1-2-14(10-15)13-4-6-16(7-5-13)26-18(28)11-27-12-25-19-17(20(27)29)8-9-30-19/h1-10,12H,11H2,(H,26,28). The van der Waals surface area contributed by atoms with Gasteiger partial charge in [0.05, 0.1) is 17.3 Å². The molecule has 2 aromatic heterocycles. The minimum Gasteiger partial charge on any atom is -0.325 e. The van der Waals surface area contributed by atoms with Crippen LogP contribution in [0, 0.1) is 0 Å². The van der Waals surface area contributed by atoms with Crippen molar-refractivity contribution >= 4 is 33.1 Å². The molecule has 0 aliphatic rings. The maximum absolute atomic E-state index is 12.9. The molecule has 152 valence electrons. The van der Waals surface area contributed by atoms with Crippen molar-refractivity contribution in [2.75, 3.05) is 5.32 Å². The Morgan fingerprint density at radius 3 is 2.57 bits per heavy atom. The maximum atomic E-state index is 12.9. The van der Waals surface area contributed by atoms with E-state index in [9.17, 15) is 22.8 Å². The number of aromatic nitrogens is 2. The molecule has 2 aromatic carbocycles. The lowest BCUT2D eigenvalue weighted by atomic mass is 10.0. The number of nitrogens with zero attached hydrogens (tertiary/aromatic N) is 2. The molecule has 0 bridgehead atoms. The number of anilines is 1. The van der Waals surface area contributed by atoms with Gasteiger partial charge in [-0.2, -0.15) is 13.2 Å². The SMILES string of the molecule is O=C(Cn1cnc2sccc2c1=O)Nc1ccc(-c2cccc(C(F)(F)F)c2)cc1. The van der Waals surface area contributed by atoms with Crippen LogP contribution in [0.15, 0.2) is 71.1 Å². The van der Waals surface area contributed by atoms with Crippen molar-refractivity contribution in [2.45, 2.75) is 12.7 Å². The van der Waals surface area contributed by atoms with Crippen LogP contribution in [0.25, 0.3) is 21.3 Å². The molecule has 1 N–H and O–H groups in total. The van der Waals surface area contributed by atoms with Gasteiger partial charge < -0.3 is 5.32 Å². The quantitative estimate of drug-likeness (QED) is 0.508. The number of rotatable bonds is 4. The van der Waals surface area contributed by atoms with E-state index in [4.69, 9.17) is 0 Å². The number of benzene rings is 2. The predicted molar refractivity (Wildman–Crippen MR) is 109 cm³/mol. The Morgan fingerprint density at radius 1 is 1.07 bits per heavy atom. The van der Waals surface area contributed by atoms with Crippen molar-refractivity contribution in [1.29, 1.82) is 0 Å². The first-order chi connectivity index (χ1) is 14.3. The lowest BCUT2D eigenvalue weighted by Crippen LogP contribution is -2.27. The summed E-state index contributed by atoms with van der Waals surface area (Å²) in [5.41, 5.74) is 0.454. The number of carbonyl (C=O) groups excluding carboxylic acids is 1. The molecule has 0 saturated heterocycles. The van der Waals surface area contributed by atoms with Crippen LogP contribution in [0.3, 0.4) is 0 Å². The van der Waals surface area contributed by atoms with E-state index < -0.39 is 17.6 Å². The van der Waals surface area contributed by atoms with Gasteiger partial charge in [0.15, 0.2) is 0 Å². The Kier molecular flexibility index (Phi) is 5.13. The fourth-order valence-corrected chi connectivity index (χ4v) is 3.71. The van der Waals surface area contributed by atoms with Gasteiger partial charge in [-0.3, -0.25) is 14.2 Å². The van der Waals surface area contributed by atoms with Gasteiger partial charge >= 0.3 is 6.18 Å². The average Bonchev–Trinajstić information content (AvgIpc) is 3.20. The number of halogens is 3. The van der Waals surface area contributed by atoms with Crippen LogP contribution in [0.2, 0.25) is 0 Å². The van der Waals surface area contributed by atoms with Gasteiger partial charge in [0, 0.05) is 5.69 Å². The minimum atomic E-state index is -4.41. The van der Waals surface area contributed by atoms with Crippen molar-refractivity contribution < 1.29 is 18.0 Å². The molecule has 0 aliphatic heterocycles. The molecular formula is C21H14F3N3O2S. The van der Waals surface area contributed by atoms with Gasteiger partial charge in [-0.25, -0.2) is 4.98 Å². The Balaban J connectivity index is 1.47. The number of carbonyl (C=O) groups is 1. The van der Waals surface area contributed by atoms with Crippen LogP contribution >= 0.6 is 11.3 Å². The third kappa shape index (κ3) is 4.11. The summed E-state index contributed by atoms with van der Waals surface area (Å²) in [6.07, 6.45) is -3.08. The predicted octanol–water partition coefficient (Wildman–Crippen LogP) is 4.78. The van der Waals surface area contributed by atoms with Crippen LogP contribution in [0.1, 0.15) is 5.56 Å². The molecule has 4 aromatic rings. The van der Waals surface area contributed by atoms with Gasteiger partial charge in [-0.05, 0) is 46.8 Å². The summed E-state index contributed by atoms with van der Waals surface area (Å²) in [6.45, 7) is -0.201. The molecule has 0 saturated carbocycles. The second-order valence-electron chi connectivity index (χ2n) is 6.52. The monoisotopic (exact) mass is 429 g/mol. The van der Waals surface area contributed by atoms with Crippen molar-refractivity contribution in [2.24, 2.45) is 0 Å². The molecule has 4 rings (SSSR count). The van der Waals surface area contributed by atoms with Gasteiger partial charge in [0.2, 0.25) is 5.91 Å². The van der Waals surface area contributed by atoms with E-state index in [-0.39, 0.29) is 12.1 Å². The van der Waals surface area contributed by atoms with Crippen molar-refractivity contribution in [3.63, 3.8) is 0 Å². The fourth-order valence-electron chi connectivity index (χ4n) is 2.98. The van der Waals surface area contributed by atoms with E-state index >= 15 is 0 Å². The molecule has 9 heteroatoms. The van der Waals surface area contributed by atoms with Crippen molar-refractivity contribution in [3.05, 3.63) is 82.2 Å². The first-order valence-electron chi connectivity index (χ1n) is 8.81. The normalized spacial score (nSPS) is 11.6. The third-order valence-electron chi connectivity index (χ3n) is 4.46. The molecule has 0 unspecified atom stereocenters. The number of alkyl halides is 3. The van der Waals surface area contributed by atoms with E-state index in [1.807, 2.05) is 0 Å². The smallest absolute Gasteiger partial charge is 0.325 e. The van der Waals surface area contributed by atoms with E-state index in [0.717, 1.165) is 12.1 Å². The van der Waals surface area contributed by atoms with E-state index in [0.29, 0.717) is 27.0 Å². The molecule has 30 heavy (non-hydrogen) atoms. The molecule has 0 aliphatic carbocycles. The zero-order valence-corrected chi connectivity index (χ0v) is 16.1. The van der Waals surface area contributed by atoms with Gasteiger partial charge in [-0.1, -0.05) is 24.3 Å². The molecule has 2 heterocycles. The molecule has 0 fully saturated rings. The first kappa shape index (κ1) is 19.8. The van der Waals surface area contributed by atoms with Crippen LogP contribution < -0.4 is 10.9 Å². The minimum absolute atomic E-state index is 0.201. The lowest BCUT2D eigenvalue weighted by molar-refractivity contribution is -0.137. The first-order valence-corrected chi connectivity index (χ1v) is 9.69. The zero-order chi connectivity index (χ0) is 21.3. The highest BCUT2D eigenvalue weighted by molar-refractivity contribution is 7.16. The molecule has 0 spiro atoms. The zero-order valence-electron chi connectivity index (χ0n) is 15.3. The molecule has 0 atom stereocenters. The highest BCUT2D eigenvalue weighted by atomic mass is 32.1. The second-order valence-corrected chi connectivity index (χ2v) is 7.42. The number of fused-ring (bicyclic) bond motifs is 1. The Hall–Kier alpha value is -3.46. The average molecular weight is 429 g/mol. The number of hydrogen-bond donors (Lipinski definition) is 1. The van der Waals surface area contributed by atoms with Gasteiger partial charge in [0.25, 0.3) is 5.56 Å². The van der Waals surface area contributed by atoms with E-state index in [1.165, 1.54) is 28.3 Å². The summed E-state index contributed by atoms with van der Waals surface area (Å²) >= 11 is 1.35. The fraction of sp³-hybridized carbons (Fsp3) is 0.0952. The Labute approximate surface area is 172 Å².